The molecule has 0 unspecified atom stereocenters. The Bertz CT molecular complexity index is 422. The minimum atomic E-state index is -0.543. The molecule has 0 aliphatic heterocycles. The summed E-state index contributed by atoms with van der Waals surface area (Å²) in [6, 6.07) is 1.32. The molecule has 0 amide bonds. The monoisotopic (exact) mass is 288 g/mol. The highest BCUT2D eigenvalue weighted by molar-refractivity contribution is 9.10. The summed E-state index contributed by atoms with van der Waals surface area (Å²) >= 11 is 3.14. The summed E-state index contributed by atoms with van der Waals surface area (Å²) in [7, 11) is 1.43. The maximum Gasteiger partial charge on any atom is 0.288 e. The van der Waals surface area contributed by atoms with Crippen LogP contribution in [-0.4, -0.2) is 29.4 Å². The molecule has 0 N–H and O–H groups in total. The number of halogens is 1. The summed E-state index contributed by atoms with van der Waals surface area (Å²) in [4.78, 5) is 25.0. The zero-order valence-corrected chi connectivity index (χ0v) is 10.1. The van der Waals surface area contributed by atoms with Crippen LogP contribution in [-0.2, 0) is 16.0 Å². The lowest BCUT2D eigenvalue weighted by Crippen LogP contribution is -2.11. The lowest BCUT2D eigenvalue weighted by molar-refractivity contribution is -0.385. The Hall–Kier alpha value is -1.34. The van der Waals surface area contributed by atoms with E-state index in [-0.39, 0.29) is 24.5 Å². The first-order chi connectivity index (χ1) is 7.54. The molecule has 0 aromatic carbocycles. The van der Waals surface area contributed by atoms with Crippen molar-refractivity contribution in [3.63, 3.8) is 0 Å². The molecule has 0 spiro atoms. The number of methoxy groups -OCH3 is 1. The maximum atomic E-state index is 11.3. The number of hydrogen-bond donors (Lipinski definition) is 0. The van der Waals surface area contributed by atoms with Gasteiger partial charge in [-0.2, -0.15) is 0 Å². The van der Waals surface area contributed by atoms with Gasteiger partial charge >= 0.3 is 0 Å². The van der Waals surface area contributed by atoms with Crippen molar-refractivity contribution in [2.45, 2.75) is 6.42 Å². The second kappa shape index (κ2) is 5.66. The van der Waals surface area contributed by atoms with Crippen LogP contribution >= 0.6 is 15.9 Å². The van der Waals surface area contributed by atoms with E-state index in [4.69, 9.17) is 0 Å². The number of aromatic nitrogens is 1. The first-order valence-corrected chi connectivity index (χ1v) is 5.13. The van der Waals surface area contributed by atoms with Crippen molar-refractivity contribution in [3.8, 4) is 0 Å². The predicted octanol–water partition coefficient (Wildman–Crippen LogP) is 1.51. The van der Waals surface area contributed by atoms with E-state index in [0.29, 0.717) is 10.2 Å². The molecule has 0 bridgehead atoms. The van der Waals surface area contributed by atoms with Gasteiger partial charge in [0, 0.05) is 17.6 Å². The third kappa shape index (κ3) is 3.35. The Balaban J connectivity index is 2.83. The standard InChI is InChI=1S/C9H9BrN2O4/c1-16-5-7(13)3-9-8(10)2-6(4-11-9)12(14)15/h2,4H,3,5H2,1H3. The van der Waals surface area contributed by atoms with Crippen LogP contribution in [0.25, 0.3) is 0 Å². The molecule has 0 radical (unpaired) electrons. The van der Waals surface area contributed by atoms with Crippen molar-refractivity contribution in [2.75, 3.05) is 13.7 Å². The molecule has 7 heteroatoms. The van der Waals surface area contributed by atoms with Crippen LogP contribution < -0.4 is 0 Å². The molecule has 1 rings (SSSR count). The average molecular weight is 289 g/mol. The Morgan fingerprint density at radius 3 is 2.88 bits per heavy atom. The van der Waals surface area contributed by atoms with E-state index in [9.17, 15) is 14.9 Å². The largest absolute Gasteiger partial charge is 0.377 e. The van der Waals surface area contributed by atoms with Gasteiger partial charge in [-0.3, -0.25) is 19.9 Å². The number of pyridine rings is 1. The number of Topliss-reactive ketones (excluding diaryl/α,β-unsaturated/α-hetero) is 1. The minimum Gasteiger partial charge on any atom is -0.377 e. The highest BCUT2D eigenvalue weighted by Gasteiger charge is 2.13. The lowest BCUT2D eigenvalue weighted by Gasteiger charge is -2.02. The van der Waals surface area contributed by atoms with Crippen LogP contribution in [0.15, 0.2) is 16.7 Å². The van der Waals surface area contributed by atoms with Gasteiger partial charge in [0.15, 0.2) is 5.78 Å². The highest BCUT2D eigenvalue weighted by Crippen LogP contribution is 2.20. The van der Waals surface area contributed by atoms with Gasteiger partial charge in [-0.15, -0.1) is 0 Å². The molecular formula is C9H9BrN2O4. The highest BCUT2D eigenvalue weighted by atomic mass is 79.9. The fourth-order valence-electron chi connectivity index (χ4n) is 1.08. The van der Waals surface area contributed by atoms with Crippen molar-refractivity contribution in [3.05, 3.63) is 32.5 Å². The molecule has 16 heavy (non-hydrogen) atoms. The van der Waals surface area contributed by atoms with Gasteiger partial charge in [0.05, 0.1) is 17.0 Å². The number of rotatable bonds is 5. The van der Waals surface area contributed by atoms with Gasteiger partial charge in [0.2, 0.25) is 0 Å². The van der Waals surface area contributed by atoms with E-state index in [1.807, 2.05) is 0 Å². The van der Waals surface area contributed by atoms with Crippen molar-refractivity contribution >= 4 is 27.4 Å². The molecule has 6 nitrogen and oxygen atoms in total. The quantitative estimate of drug-likeness (QED) is 0.606. The maximum absolute atomic E-state index is 11.3. The molecule has 0 atom stereocenters. The number of ketones is 1. The second-order valence-electron chi connectivity index (χ2n) is 3.03. The van der Waals surface area contributed by atoms with Crippen molar-refractivity contribution < 1.29 is 14.5 Å². The van der Waals surface area contributed by atoms with Crippen LogP contribution in [0.4, 0.5) is 5.69 Å². The Labute approximate surface area is 99.9 Å². The summed E-state index contributed by atoms with van der Waals surface area (Å²) in [5.74, 6) is -0.135. The minimum absolute atomic E-state index is 0.00507. The lowest BCUT2D eigenvalue weighted by atomic mass is 10.2. The van der Waals surface area contributed by atoms with Crippen LogP contribution in [0.1, 0.15) is 5.69 Å². The molecule has 0 saturated heterocycles. The van der Waals surface area contributed by atoms with Crippen LogP contribution in [0.3, 0.4) is 0 Å². The molecule has 0 saturated carbocycles. The Morgan fingerprint density at radius 2 is 2.38 bits per heavy atom. The van der Waals surface area contributed by atoms with Gasteiger partial charge in [-0.05, 0) is 15.9 Å². The van der Waals surface area contributed by atoms with Crippen molar-refractivity contribution in [2.24, 2.45) is 0 Å². The molecule has 0 fully saturated rings. The molecule has 1 heterocycles. The molecule has 0 aliphatic carbocycles. The summed E-state index contributed by atoms with van der Waals surface area (Å²) in [5, 5.41) is 10.4. The number of nitrogens with zero attached hydrogens (tertiary/aromatic N) is 2. The summed E-state index contributed by atoms with van der Waals surface area (Å²) < 4.78 is 5.13. The smallest absolute Gasteiger partial charge is 0.288 e. The number of ether oxygens (including phenoxy) is 1. The molecular weight excluding hydrogens is 280 g/mol. The third-order valence-electron chi connectivity index (χ3n) is 1.78. The molecule has 86 valence electrons. The zero-order valence-electron chi connectivity index (χ0n) is 8.47. The average Bonchev–Trinajstić information content (AvgIpc) is 2.21. The van der Waals surface area contributed by atoms with Gasteiger partial charge < -0.3 is 4.74 Å². The Kier molecular flexibility index (Phi) is 4.51. The predicted molar refractivity (Wildman–Crippen MR) is 59.2 cm³/mol. The van der Waals surface area contributed by atoms with E-state index in [1.165, 1.54) is 13.2 Å². The van der Waals surface area contributed by atoms with E-state index in [2.05, 4.69) is 25.7 Å². The van der Waals surface area contributed by atoms with Gasteiger partial charge in [-0.1, -0.05) is 0 Å². The first kappa shape index (κ1) is 12.7. The van der Waals surface area contributed by atoms with E-state index in [0.717, 1.165) is 6.20 Å². The van der Waals surface area contributed by atoms with Crippen LogP contribution in [0.2, 0.25) is 0 Å². The summed E-state index contributed by atoms with van der Waals surface area (Å²) in [6.07, 6.45) is 1.21. The van der Waals surface area contributed by atoms with E-state index in [1.54, 1.807) is 0 Å². The topological polar surface area (TPSA) is 82.3 Å². The van der Waals surface area contributed by atoms with Gasteiger partial charge in [0.1, 0.15) is 12.8 Å². The van der Waals surface area contributed by atoms with Crippen molar-refractivity contribution in [1.29, 1.82) is 0 Å². The first-order valence-electron chi connectivity index (χ1n) is 4.34. The SMILES string of the molecule is COCC(=O)Cc1ncc([N+](=O)[O-])cc1Br. The zero-order chi connectivity index (χ0) is 12.1. The van der Waals surface area contributed by atoms with E-state index >= 15 is 0 Å². The number of nitro groups is 1. The third-order valence-corrected chi connectivity index (χ3v) is 2.47. The van der Waals surface area contributed by atoms with Gasteiger partial charge in [-0.25, -0.2) is 0 Å². The van der Waals surface area contributed by atoms with E-state index < -0.39 is 4.92 Å². The molecule has 1 aromatic rings. The number of carbonyl (C=O) groups is 1. The fraction of sp³-hybridized carbons (Fsp3) is 0.333. The summed E-state index contributed by atoms with van der Waals surface area (Å²) in [6.45, 7) is 0.00507. The van der Waals surface area contributed by atoms with Gasteiger partial charge in [0.25, 0.3) is 5.69 Å². The van der Waals surface area contributed by atoms with Crippen molar-refractivity contribution in [1.82, 2.24) is 4.98 Å². The normalized spacial score (nSPS) is 10.1. The van der Waals surface area contributed by atoms with Crippen LogP contribution in [0.5, 0.6) is 0 Å². The fourth-order valence-corrected chi connectivity index (χ4v) is 1.56. The number of hydrogen-bond acceptors (Lipinski definition) is 5. The molecule has 1 aromatic heterocycles. The summed E-state index contributed by atoms with van der Waals surface area (Å²) in [5.41, 5.74) is 0.350. The molecule has 0 aliphatic rings. The van der Waals surface area contributed by atoms with Crippen LogP contribution in [0, 0.1) is 10.1 Å². The second-order valence-corrected chi connectivity index (χ2v) is 3.88. The Morgan fingerprint density at radius 1 is 1.69 bits per heavy atom. The number of carbonyl (C=O) groups excluding carboxylic acids is 1.